The third-order valence-electron chi connectivity index (χ3n) is 7.19. The van der Waals surface area contributed by atoms with Crippen LogP contribution in [0.5, 0.6) is 5.75 Å². The second-order valence-corrected chi connectivity index (χ2v) is 9.63. The van der Waals surface area contributed by atoms with Gasteiger partial charge in [-0.05, 0) is 85.2 Å². The molecule has 1 aliphatic heterocycles. The molecule has 0 aromatic heterocycles. The van der Waals surface area contributed by atoms with Gasteiger partial charge in [-0.15, -0.1) is 0 Å². The summed E-state index contributed by atoms with van der Waals surface area (Å²) in [5.74, 6) is -2.09. The molecule has 1 saturated heterocycles. The highest BCUT2D eigenvalue weighted by Crippen LogP contribution is 2.41. The molecule has 5 rings (SSSR count). The zero-order valence-electron chi connectivity index (χ0n) is 21.1. The molecule has 2 aliphatic rings. The highest BCUT2D eigenvalue weighted by atomic mass is 16.5. The largest absolute Gasteiger partial charge is 0.508 e. The van der Waals surface area contributed by atoms with Crippen LogP contribution < -0.4 is 0 Å². The van der Waals surface area contributed by atoms with Gasteiger partial charge in [0, 0.05) is 12.1 Å². The molecular weight excluding hydrogens is 482 g/mol. The summed E-state index contributed by atoms with van der Waals surface area (Å²) in [4.78, 5) is 40.1. The summed E-state index contributed by atoms with van der Waals surface area (Å²) in [5, 5.41) is 21.2. The first-order chi connectivity index (χ1) is 18.4. The lowest BCUT2D eigenvalue weighted by Crippen LogP contribution is -2.29. The summed E-state index contributed by atoms with van der Waals surface area (Å²) >= 11 is 0. The van der Waals surface area contributed by atoms with Crippen molar-refractivity contribution in [2.45, 2.75) is 45.2 Å². The molecule has 7 nitrogen and oxygen atoms in total. The van der Waals surface area contributed by atoms with E-state index in [2.05, 4.69) is 0 Å². The Morgan fingerprint density at radius 2 is 1.58 bits per heavy atom. The molecule has 3 aromatic carbocycles. The van der Waals surface area contributed by atoms with Gasteiger partial charge in [-0.3, -0.25) is 9.59 Å². The van der Waals surface area contributed by atoms with Gasteiger partial charge in [0.05, 0.1) is 23.8 Å². The van der Waals surface area contributed by atoms with Crippen molar-refractivity contribution < 1.29 is 29.3 Å². The minimum absolute atomic E-state index is 0.0135. The summed E-state index contributed by atoms with van der Waals surface area (Å²) in [7, 11) is 0. The molecule has 0 spiro atoms. The number of phenolic OH excluding ortho intramolecular Hbond substituents is 1. The highest BCUT2D eigenvalue weighted by Gasteiger charge is 2.46. The maximum atomic E-state index is 13.4. The molecule has 2 N–H and O–H groups in total. The summed E-state index contributed by atoms with van der Waals surface area (Å²) in [6, 6.07) is 17.8. The van der Waals surface area contributed by atoms with Crippen molar-refractivity contribution >= 4 is 23.4 Å². The fourth-order valence-corrected chi connectivity index (χ4v) is 5.24. The van der Waals surface area contributed by atoms with Crippen molar-refractivity contribution in [3.8, 4) is 5.75 Å². The van der Waals surface area contributed by atoms with Crippen LogP contribution in [-0.2, 0) is 33.7 Å². The SMILES string of the molecule is CCOC(=O)c1ccc(CN2C(=O)C(=O)/C(=C(\O)c3ccc4c(c3)CCCC4)C2c2ccc(O)cc2)cc1. The van der Waals surface area contributed by atoms with E-state index in [9.17, 15) is 24.6 Å². The van der Waals surface area contributed by atoms with Crippen molar-refractivity contribution in [2.75, 3.05) is 6.61 Å². The van der Waals surface area contributed by atoms with Crippen LogP contribution in [0.2, 0.25) is 0 Å². The number of amides is 1. The van der Waals surface area contributed by atoms with Crippen LogP contribution in [0.3, 0.4) is 0 Å². The van der Waals surface area contributed by atoms with E-state index in [0.717, 1.165) is 31.2 Å². The molecule has 0 saturated carbocycles. The van der Waals surface area contributed by atoms with Gasteiger partial charge < -0.3 is 19.8 Å². The second-order valence-electron chi connectivity index (χ2n) is 9.63. The number of aryl methyl sites for hydroxylation is 2. The van der Waals surface area contributed by atoms with Crippen molar-refractivity contribution in [2.24, 2.45) is 0 Å². The van der Waals surface area contributed by atoms with E-state index in [-0.39, 0.29) is 30.2 Å². The number of aromatic hydroxyl groups is 1. The van der Waals surface area contributed by atoms with E-state index >= 15 is 0 Å². The molecule has 1 aliphatic carbocycles. The van der Waals surface area contributed by atoms with E-state index in [1.54, 1.807) is 49.4 Å². The Hall–Kier alpha value is -4.39. The number of esters is 1. The number of aliphatic hydroxyl groups excluding tert-OH is 1. The van der Waals surface area contributed by atoms with Crippen molar-refractivity contribution in [3.05, 3.63) is 106 Å². The average molecular weight is 512 g/mol. The number of benzene rings is 3. The van der Waals surface area contributed by atoms with Crippen LogP contribution in [0, 0.1) is 0 Å². The summed E-state index contributed by atoms with van der Waals surface area (Å²) in [5.41, 5.74) is 4.60. The topological polar surface area (TPSA) is 104 Å². The van der Waals surface area contributed by atoms with Crippen molar-refractivity contribution in [3.63, 3.8) is 0 Å². The van der Waals surface area contributed by atoms with E-state index in [1.807, 2.05) is 12.1 Å². The fourth-order valence-electron chi connectivity index (χ4n) is 5.24. The van der Waals surface area contributed by atoms with Gasteiger partial charge in [0.1, 0.15) is 11.5 Å². The number of hydrogen-bond acceptors (Lipinski definition) is 6. The third kappa shape index (κ3) is 4.79. The summed E-state index contributed by atoms with van der Waals surface area (Å²) < 4.78 is 5.03. The van der Waals surface area contributed by atoms with Crippen molar-refractivity contribution in [1.82, 2.24) is 4.90 Å². The van der Waals surface area contributed by atoms with Gasteiger partial charge >= 0.3 is 5.97 Å². The van der Waals surface area contributed by atoms with Crippen LogP contribution in [0.25, 0.3) is 5.76 Å². The Morgan fingerprint density at radius 3 is 2.26 bits per heavy atom. The standard InChI is InChI=1S/C31H29NO6/c1-2-38-31(37)22-9-7-19(8-10-22)18-32-27(21-13-15-25(33)16-14-21)26(29(35)30(32)36)28(34)24-12-11-20-5-3-4-6-23(20)17-24/h7-17,27,33-34H,2-6,18H2,1H3/b28-26-. The maximum absolute atomic E-state index is 13.4. The van der Waals surface area contributed by atoms with E-state index in [4.69, 9.17) is 4.74 Å². The van der Waals surface area contributed by atoms with E-state index < -0.39 is 23.7 Å². The lowest BCUT2D eigenvalue weighted by atomic mass is 9.88. The zero-order valence-corrected chi connectivity index (χ0v) is 21.1. The van der Waals surface area contributed by atoms with Gasteiger partial charge in [-0.2, -0.15) is 0 Å². The predicted molar refractivity (Wildman–Crippen MR) is 141 cm³/mol. The number of carbonyl (C=O) groups is 3. The number of nitrogens with zero attached hydrogens (tertiary/aromatic N) is 1. The Labute approximate surface area is 221 Å². The number of Topliss-reactive ketones (excluding diaryl/α,β-unsaturated/α-hetero) is 1. The summed E-state index contributed by atoms with van der Waals surface area (Å²) in [6.45, 7) is 2.08. The zero-order chi connectivity index (χ0) is 26.8. The van der Waals surface area contributed by atoms with Crippen LogP contribution in [0.1, 0.15) is 64.0 Å². The molecule has 0 radical (unpaired) electrons. The van der Waals surface area contributed by atoms with Crippen LogP contribution in [0.15, 0.2) is 72.3 Å². The first kappa shape index (κ1) is 25.3. The number of phenols is 1. The Kier molecular flexibility index (Phi) is 7.01. The molecule has 3 aromatic rings. The van der Waals surface area contributed by atoms with Gasteiger partial charge in [0.15, 0.2) is 0 Å². The number of carbonyl (C=O) groups excluding carboxylic acids is 3. The average Bonchev–Trinajstić information content (AvgIpc) is 3.18. The molecule has 1 fully saturated rings. The number of likely N-dealkylation sites (tertiary alicyclic amines) is 1. The third-order valence-corrected chi connectivity index (χ3v) is 7.19. The lowest BCUT2D eigenvalue weighted by Gasteiger charge is -2.25. The minimum atomic E-state index is -0.851. The van der Waals surface area contributed by atoms with Gasteiger partial charge in [-0.25, -0.2) is 4.79 Å². The Bertz CT molecular complexity index is 1420. The fraction of sp³-hybridized carbons (Fsp3) is 0.258. The van der Waals surface area contributed by atoms with Crippen LogP contribution in [0.4, 0.5) is 0 Å². The molecule has 1 amide bonds. The number of ether oxygens (including phenoxy) is 1. The molecular formula is C31H29NO6. The second kappa shape index (κ2) is 10.5. The molecule has 7 heteroatoms. The Balaban J connectivity index is 1.55. The molecule has 1 unspecified atom stereocenters. The number of ketones is 1. The smallest absolute Gasteiger partial charge is 0.338 e. The predicted octanol–water partition coefficient (Wildman–Crippen LogP) is 5.07. The van der Waals surface area contributed by atoms with Crippen molar-refractivity contribution in [1.29, 1.82) is 0 Å². The number of aliphatic hydroxyl groups is 1. The quantitative estimate of drug-likeness (QED) is 0.207. The first-order valence-electron chi connectivity index (χ1n) is 12.8. The van der Waals surface area contributed by atoms with Gasteiger partial charge in [-0.1, -0.05) is 36.4 Å². The molecule has 194 valence electrons. The lowest BCUT2D eigenvalue weighted by molar-refractivity contribution is -0.140. The molecule has 38 heavy (non-hydrogen) atoms. The van der Waals surface area contributed by atoms with E-state index in [0.29, 0.717) is 22.3 Å². The molecule has 0 bridgehead atoms. The summed E-state index contributed by atoms with van der Waals surface area (Å²) in [6.07, 6.45) is 4.10. The highest BCUT2D eigenvalue weighted by molar-refractivity contribution is 6.46. The number of fused-ring (bicyclic) bond motifs is 1. The first-order valence-corrected chi connectivity index (χ1v) is 12.8. The minimum Gasteiger partial charge on any atom is -0.508 e. The number of hydrogen-bond donors (Lipinski definition) is 2. The molecule has 1 heterocycles. The normalized spacial score (nSPS) is 18.3. The van der Waals surface area contributed by atoms with Crippen LogP contribution in [-0.4, -0.2) is 39.4 Å². The van der Waals surface area contributed by atoms with Crippen LogP contribution >= 0.6 is 0 Å². The molecule has 1 atom stereocenters. The van der Waals surface area contributed by atoms with Gasteiger partial charge in [0.25, 0.3) is 11.7 Å². The maximum Gasteiger partial charge on any atom is 0.338 e. The monoisotopic (exact) mass is 511 g/mol. The Morgan fingerprint density at radius 1 is 0.921 bits per heavy atom. The van der Waals surface area contributed by atoms with Gasteiger partial charge in [0.2, 0.25) is 0 Å². The number of rotatable bonds is 6. The van der Waals surface area contributed by atoms with E-state index in [1.165, 1.54) is 22.6 Å².